The number of carbonyl (C=O) groups excluding carboxylic acids is 1. The first-order chi connectivity index (χ1) is 18.5. The third-order valence-corrected chi connectivity index (χ3v) is 7.45. The van der Waals surface area contributed by atoms with Crippen molar-refractivity contribution in [2.75, 3.05) is 44.3 Å². The van der Waals surface area contributed by atoms with Crippen molar-refractivity contribution >= 4 is 48.0 Å². The summed E-state index contributed by atoms with van der Waals surface area (Å²) in [5, 5.41) is 0.748. The van der Waals surface area contributed by atoms with E-state index in [0.717, 1.165) is 61.9 Å². The molecule has 1 amide bonds. The van der Waals surface area contributed by atoms with Gasteiger partial charge in [0.2, 0.25) is 5.91 Å². The molecular formula is C29H37Cl3N4O4. The molecule has 2 saturated heterocycles. The monoisotopic (exact) mass is 610 g/mol. The molecule has 1 aromatic heterocycles. The minimum absolute atomic E-state index is 0. The van der Waals surface area contributed by atoms with E-state index in [1.165, 1.54) is 5.56 Å². The van der Waals surface area contributed by atoms with Crippen LogP contribution in [-0.4, -0.2) is 71.6 Å². The molecule has 3 aromatic rings. The van der Waals surface area contributed by atoms with E-state index in [2.05, 4.69) is 34.1 Å². The van der Waals surface area contributed by atoms with Crippen molar-refractivity contribution in [3.05, 3.63) is 77.8 Å². The molecule has 0 unspecified atom stereocenters. The molecule has 8 nitrogen and oxygen atoms in total. The molecule has 2 fully saturated rings. The number of halogens is 3. The van der Waals surface area contributed by atoms with Gasteiger partial charge < -0.3 is 28.6 Å². The summed E-state index contributed by atoms with van der Waals surface area (Å²) in [4.78, 5) is 19.9. The maximum atomic E-state index is 11.6. The van der Waals surface area contributed by atoms with Gasteiger partial charge in [-0.2, -0.15) is 0 Å². The first-order valence-electron chi connectivity index (χ1n) is 13.2. The molecule has 3 heterocycles. The second-order valence-corrected chi connectivity index (χ2v) is 10.4. The van der Waals surface area contributed by atoms with Crippen LogP contribution >= 0.6 is 36.4 Å². The SMILES string of the molecule is CC(=O)N1CCN(c2ccc(OC[C@@H]3CO[C@](CCCc4ccc(Cl)cc4)(Cn4ccnc4)O3)cc2)CC1.Cl.Cl. The van der Waals surface area contributed by atoms with Crippen LogP contribution in [0, 0.1) is 0 Å². The Labute approximate surface area is 253 Å². The van der Waals surface area contributed by atoms with Gasteiger partial charge in [0.05, 0.1) is 19.5 Å². The molecule has 2 aliphatic heterocycles. The van der Waals surface area contributed by atoms with Gasteiger partial charge in [-0.15, -0.1) is 24.8 Å². The molecule has 0 aliphatic carbocycles. The fourth-order valence-corrected chi connectivity index (χ4v) is 5.21. The lowest BCUT2D eigenvalue weighted by Crippen LogP contribution is -2.48. The number of carbonyl (C=O) groups is 1. The number of benzene rings is 2. The lowest BCUT2D eigenvalue weighted by molar-refractivity contribution is -0.185. The summed E-state index contributed by atoms with van der Waals surface area (Å²) >= 11 is 6.02. The number of aromatic nitrogens is 2. The predicted octanol–water partition coefficient (Wildman–Crippen LogP) is 5.26. The highest BCUT2D eigenvalue weighted by atomic mass is 35.5. The number of aryl methyl sites for hydroxylation is 1. The molecule has 0 spiro atoms. The average Bonchev–Trinajstić information content (AvgIpc) is 3.59. The predicted molar refractivity (Wildman–Crippen MR) is 161 cm³/mol. The van der Waals surface area contributed by atoms with E-state index in [9.17, 15) is 4.79 Å². The molecular weight excluding hydrogens is 575 g/mol. The van der Waals surface area contributed by atoms with Gasteiger partial charge in [-0.05, 0) is 54.8 Å². The number of hydrogen-bond donors (Lipinski definition) is 0. The van der Waals surface area contributed by atoms with Crippen molar-refractivity contribution in [3.8, 4) is 5.75 Å². The zero-order valence-corrected chi connectivity index (χ0v) is 25.0. The van der Waals surface area contributed by atoms with Gasteiger partial charge in [0.25, 0.3) is 0 Å². The van der Waals surface area contributed by atoms with Crippen molar-refractivity contribution < 1.29 is 19.0 Å². The van der Waals surface area contributed by atoms with E-state index >= 15 is 0 Å². The molecule has 5 rings (SSSR count). The van der Waals surface area contributed by atoms with E-state index < -0.39 is 5.79 Å². The van der Waals surface area contributed by atoms with Crippen LogP contribution in [0.5, 0.6) is 5.75 Å². The minimum Gasteiger partial charge on any atom is -0.491 e. The second-order valence-electron chi connectivity index (χ2n) is 9.97. The van der Waals surface area contributed by atoms with Crippen LogP contribution in [0.1, 0.15) is 25.3 Å². The van der Waals surface area contributed by atoms with Gasteiger partial charge in [-0.25, -0.2) is 4.98 Å². The second kappa shape index (κ2) is 14.9. The van der Waals surface area contributed by atoms with Gasteiger partial charge in [0, 0.05) is 62.6 Å². The number of amides is 1. The molecule has 218 valence electrons. The highest BCUT2D eigenvalue weighted by Crippen LogP contribution is 2.32. The molecule has 2 aliphatic rings. The number of piperazine rings is 1. The third-order valence-electron chi connectivity index (χ3n) is 7.20. The van der Waals surface area contributed by atoms with Crippen LogP contribution in [0.25, 0.3) is 0 Å². The molecule has 2 aromatic carbocycles. The first kappa shape index (κ1) is 32.0. The minimum atomic E-state index is -0.715. The molecule has 11 heteroatoms. The third kappa shape index (κ3) is 8.51. The Kier molecular flexibility index (Phi) is 12.0. The number of anilines is 1. The van der Waals surface area contributed by atoms with Gasteiger partial charge in [-0.1, -0.05) is 23.7 Å². The Morgan fingerprint density at radius 1 is 1.07 bits per heavy atom. The van der Waals surface area contributed by atoms with Crippen molar-refractivity contribution in [2.24, 2.45) is 0 Å². The molecule has 0 radical (unpaired) electrons. The summed E-state index contributed by atoms with van der Waals surface area (Å²) in [5.41, 5.74) is 2.38. The van der Waals surface area contributed by atoms with Gasteiger partial charge in [0.15, 0.2) is 5.79 Å². The van der Waals surface area contributed by atoms with Gasteiger partial charge in [-0.3, -0.25) is 4.79 Å². The Morgan fingerprint density at radius 3 is 2.45 bits per heavy atom. The quantitative estimate of drug-likeness (QED) is 0.312. The Bertz CT molecular complexity index is 1170. The zero-order chi connectivity index (χ0) is 26.4. The van der Waals surface area contributed by atoms with Crippen molar-refractivity contribution in [1.29, 1.82) is 0 Å². The van der Waals surface area contributed by atoms with E-state index in [4.69, 9.17) is 25.8 Å². The summed E-state index contributed by atoms with van der Waals surface area (Å²) in [6, 6.07) is 16.1. The Hall–Kier alpha value is -2.49. The Balaban J connectivity index is 0.00000220. The summed E-state index contributed by atoms with van der Waals surface area (Å²) in [7, 11) is 0. The van der Waals surface area contributed by atoms with Crippen molar-refractivity contribution in [1.82, 2.24) is 14.5 Å². The summed E-state index contributed by atoms with van der Waals surface area (Å²) in [5.74, 6) is 0.226. The number of rotatable bonds is 10. The summed E-state index contributed by atoms with van der Waals surface area (Å²) in [6.07, 6.45) is 7.94. The summed E-state index contributed by atoms with van der Waals surface area (Å²) in [6.45, 7) is 6.29. The van der Waals surface area contributed by atoms with Crippen molar-refractivity contribution in [2.45, 2.75) is 44.6 Å². The zero-order valence-electron chi connectivity index (χ0n) is 22.6. The highest BCUT2D eigenvalue weighted by Gasteiger charge is 2.41. The normalized spacial score (nSPS) is 20.5. The maximum Gasteiger partial charge on any atom is 0.219 e. The van der Waals surface area contributed by atoms with Crippen LogP contribution in [-0.2, 0) is 27.2 Å². The smallest absolute Gasteiger partial charge is 0.219 e. The fraction of sp³-hybridized carbons (Fsp3) is 0.448. The average molecular weight is 612 g/mol. The molecule has 2 atom stereocenters. The number of imidazole rings is 1. The van der Waals surface area contributed by atoms with Crippen LogP contribution in [0.4, 0.5) is 5.69 Å². The Morgan fingerprint density at radius 2 is 1.80 bits per heavy atom. The topological polar surface area (TPSA) is 69.1 Å². The first-order valence-corrected chi connectivity index (χ1v) is 13.6. The largest absolute Gasteiger partial charge is 0.491 e. The van der Waals surface area contributed by atoms with Gasteiger partial charge in [0.1, 0.15) is 18.5 Å². The number of ether oxygens (including phenoxy) is 3. The molecule has 0 bridgehead atoms. The number of hydrogen-bond acceptors (Lipinski definition) is 6. The maximum absolute atomic E-state index is 11.6. The van der Waals surface area contributed by atoms with E-state index in [0.29, 0.717) is 19.8 Å². The van der Waals surface area contributed by atoms with Crippen molar-refractivity contribution in [3.63, 3.8) is 0 Å². The fourth-order valence-electron chi connectivity index (χ4n) is 5.09. The molecule has 0 saturated carbocycles. The lowest BCUT2D eigenvalue weighted by Gasteiger charge is -2.35. The lowest BCUT2D eigenvalue weighted by atomic mass is 10.0. The molecule has 0 N–H and O–H groups in total. The van der Waals surface area contributed by atoms with Crippen LogP contribution in [0.3, 0.4) is 0 Å². The van der Waals surface area contributed by atoms with Crippen LogP contribution < -0.4 is 9.64 Å². The van der Waals surface area contributed by atoms with Crippen LogP contribution in [0.2, 0.25) is 5.02 Å². The van der Waals surface area contributed by atoms with Crippen LogP contribution in [0.15, 0.2) is 67.3 Å². The molecule has 40 heavy (non-hydrogen) atoms. The standard InChI is InChI=1S/C29H35ClN4O4.2ClH/c1-23(35)33-15-17-34(18-16-33)26-8-10-27(11-9-26)36-19-28-20-37-29(38-28,21-32-14-13-31-22-32)12-2-3-24-4-6-25(30)7-5-24;;/h4-11,13-14,22,28H,2-3,12,15-21H2,1H3;2*1H/t28-,29+;;/m1../s1. The van der Waals surface area contributed by atoms with E-state index in [1.54, 1.807) is 19.4 Å². The van der Waals surface area contributed by atoms with E-state index in [-0.39, 0.29) is 36.8 Å². The summed E-state index contributed by atoms with van der Waals surface area (Å²) < 4.78 is 20.9. The van der Waals surface area contributed by atoms with Gasteiger partial charge >= 0.3 is 0 Å². The highest BCUT2D eigenvalue weighted by molar-refractivity contribution is 6.30. The number of nitrogens with zero attached hydrogens (tertiary/aromatic N) is 4. The van der Waals surface area contributed by atoms with E-state index in [1.807, 2.05) is 39.9 Å².